The van der Waals surface area contributed by atoms with E-state index in [9.17, 15) is 4.79 Å². The molecule has 0 unspecified atom stereocenters. The fraction of sp³-hybridized carbons (Fsp3) is 0.917. The third-order valence-corrected chi connectivity index (χ3v) is 3.36. The maximum absolute atomic E-state index is 12.0. The van der Waals surface area contributed by atoms with Crippen molar-refractivity contribution in [2.24, 2.45) is 5.73 Å². The zero-order valence-electron chi connectivity index (χ0n) is 10.2. The van der Waals surface area contributed by atoms with Crippen molar-refractivity contribution in [3.8, 4) is 0 Å². The molecular formula is C12H24N2O2. The number of aliphatic hydroxyl groups excluding tert-OH is 1. The van der Waals surface area contributed by atoms with Gasteiger partial charge in [-0.2, -0.15) is 0 Å². The summed E-state index contributed by atoms with van der Waals surface area (Å²) in [7, 11) is 0. The number of hydrogen-bond acceptors (Lipinski definition) is 3. The molecule has 1 aliphatic rings. The number of hydrogen-bond donors (Lipinski definition) is 2. The van der Waals surface area contributed by atoms with E-state index < -0.39 is 0 Å². The smallest absolute Gasteiger partial charge is 0.224 e. The van der Waals surface area contributed by atoms with E-state index in [2.05, 4.69) is 6.92 Å². The van der Waals surface area contributed by atoms with Crippen LogP contribution in [0.5, 0.6) is 0 Å². The van der Waals surface area contributed by atoms with E-state index in [0.29, 0.717) is 13.0 Å². The average Bonchev–Trinajstić information content (AvgIpc) is 2.21. The Morgan fingerprint density at radius 3 is 2.56 bits per heavy atom. The van der Waals surface area contributed by atoms with Crippen LogP contribution in [0, 0.1) is 0 Å². The fourth-order valence-corrected chi connectivity index (χ4v) is 2.05. The highest BCUT2D eigenvalue weighted by Crippen LogP contribution is 2.32. The fourth-order valence-electron chi connectivity index (χ4n) is 2.05. The Kier molecular flexibility index (Phi) is 5.22. The lowest BCUT2D eigenvalue weighted by atomic mass is 9.75. The number of carbonyl (C=O) groups is 1. The highest BCUT2D eigenvalue weighted by Gasteiger charge is 2.35. The Labute approximate surface area is 97.8 Å². The minimum absolute atomic E-state index is 0.0347. The maximum atomic E-state index is 12.0. The van der Waals surface area contributed by atoms with Gasteiger partial charge in [-0.1, -0.05) is 13.3 Å². The van der Waals surface area contributed by atoms with Crippen molar-refractivity contribution in [1.29, 1.82) is 0 Å². The Bertz CT molecular complexity index is 227. The molecule has 16 heavy (non-hydrogen) atoms. The van der Waals surface area contributed by atoms with Crippen LogP contribution in [0.3, 0.4) is 0 Å². The summed E-state index contributed by atoms with van der Waals surface area (Å²) in [6.07, 6.45) is 5.54. The van der Waals surface area contributed by atoms with Crippen LogP contribution in [-0.2, 0) is 4.79 Å². The largest absolute Gasteiger partial charge is 0.395 e. The first kappa shape index (κ1) is 13.5. The molecular weight excluding hydrogens is 204 g/mol. The topological polar surface area (TPSA) is 66.6 Å². The summed E-state index contributed by atoms with van der Waals surface area (Å²) in [5.41, 5.74) is 5.80. The van der Waals surface area contributed by atoms with Gasteiger partial charge in [-0.25, -0.2) is 0 Å². The lowest BCUT2D eigenvalue weighted by molar-refractivity contribution is -0.133. The van der Waals surface area contributed by atoms with Crippen molar-refractivity contribution in [3.05, 3.63) is 0 Å². The van der Waals surface area contributed by atoms with Gasteiger partial charge in [0.2, 0.25) is 5.91 Å². The Morgan fingerprint density at radius 2 is 2.12 bits per heavy atom. The summed E-state index contributed by atoms with van der Waals surface area (Å²) in [5, 5.41) is 8.93. The van der Waals surface area contributed by atoms with Gasteiger partial charge in [-0.15, -0.1) is 0 Å². The summed E-state index contributed by atoms with van der Waals surface area (Å²) >= 11 is 0. The average molecular weight is 228 g/mol. The molecule has 0 aromatic carbocycles. The number of rotatable bonds is 7. The van der Waals surface area contributed by atoms with Crippen LogP contribution in [-0.4, -0.2) is 41.1 Å². The Balaban J connectivity index is 2.39. The monoisotopic (exact) mass is 228 g/mol. The highest BCUT2D eigenvalue weighted by molar-refractivity contribution is 5.77. The van der Waals surface area contributed by atoms with E-state index in [1.807, 2.05) is 0 Å². The van der Waals surface area contributed by atoms with Crippen molar-refractivity contribution >= 4 is 5.91 Å². The quantitative estimate of drug-likeness (QED) is 0.679. The number of amides is 1. The van der Waals surface area contributed by atoms with Gasteiger partial charge in [0.1, 0.15) is 0 Å². The van der Waals surface area contributed by atoms with E-state index >= 15 is 0 Å². The highest BCUT2D eigenvalue weighted by atomic mass is 16.3. The maximum Gasteiger partial charge on any atom is 0.224 e. The molecule has 0 aromatic heterocycles. The van der Waals surface area contributed by atoms with Gasteiger partial charge in [-0.3, -0.25) is 4.79 Å². The van der Waals surface area contributed by atoms with Crippen LogP contribution in [0.4, 0.5) is 0 Å². The molecule has 1 amide bonds. The van der Waals surface area contributed by atoms with E-state index in [-0.39, 0.29) is 18.1 Å². The van der Waals surface area contributed by atoms with Gasteiger partial charge in [0.25, 0.3) is 0 Å². The summed E-state index contributed by atoms with van der Waals surface area (Å²) in [6.45, 7) is 3.31. The number of nitrogens with two attached hydrogens (primary N) is 1. The van der Waals surface area contributed by atoms with Crippen LogP contribution in [0.15, 0.2) is 0 Å². The predicted octanol–water partition coefficient (Wildman–Crippen LogP) is 0.879. The van der Waals surface area contributed by atoms with Crippen molar-refractivity contribution in [2.75, 3.05) is 19.7 Å². The molecule has 0 spiro atoms. The third-order valence-electron chi connectivity index (χ3n) is 3.36. The van der Waals surface area contributed by atoms with Crippen LogP contribution < -0.4 is 5.73 Å². The Morgan fingerprint density at radius 1 is 1.44 bits per heavy atom. The first-order valence-corrected chi connectivity index (χ1v) is 6.29. The number of nitrogens with zero attached hydrogens (tertiary/aromatic N) is 1. The molecule has 0 aromatic rings. The summed E-state index contributed by atoms with van der Waals surface area (Å²) < 4.78 is 0. The van der Waals surface area contributed by atoms with E-state index in [0.717, 1.165) is 38.6 Å². The molecule has 0 heterocycles. The van der Waals surface area contributed by atoms with Gasteiger partial charge < -0.3 is 15.7 Å². The van der Waals surface area contributed by atoms with Crippen LogP contribution in [0.2, 0.25) is 0 Å². The molecule has 1 aliphatic carbocycles. The summed E-state index contributed by atoms with van der Waals surface area (Å²) in [4.78, 5) is 13.7. The van der Waals surface area contributed by atoms with E-state index in [4.69, 9.17) is 10.8 Å². The van der Waals surface area contributed by atoms with Crippen molar-refractivity contribution in [1.82, 2.24) is 4.90 Å². The minimum Gasteiger partial charge on any atom is -0.395 e. The molecule has 0 aliphatic heterocycles. The molecule has 4 heteroatoms. The standard InChI is InChI=1S/C12H24N2O2/c1-2-3-7-14(8-9-15)11(16)10-12(13)5-4-6-12/h15H,2-10,13H2,1H3. The first-order chi connectivity index (χ1) is 7.61. The molecule has 94 valence electrons. The van der Waals surface area contributed by atoms with Gasteiger partial charge >= 0.3 is 0 Å². The zero-order chi connectivity index (χ0) is 12.0. The molecule has 1 fully saturated rings. The third kappa shape index (κ3) is 3.76. The molecule has 0 atom stereocenters. The molecule has 0 bridgehead atoms. The van der Waals surface area contributed by atoms with Crippen molar-refractivity contribution in [2.45, 2.75) is 51.0 Å². The normalized spacial score (nSPS) is 17.9. The second kappa shape index (κ2) is 6.21. The van der Waals surface area contributed by atoms with Gasteiger partial charge in [0.15, 0.2) is 0 Å². The van der Waals surface area contributed by atoms with Crippen LogP contribution in [0.1, 0.15) is 45.4 Å². The second-order valence-corrected chi connectivity index (χ2v) is 4.85. The lowest BCUT2D eigenvalue weighted by Crippen LogP contribution is -2.51. The predicted molar refractivity (Wildman–Crippen MR) is 64.0 cm³/mol. The first-order valence-electron chi connectivity index (χ1n) is 6.29. The van der Waals surface area contributed by atoms with Gasteiger partial charge in [0, 0.05) is 25.0 Å². The van der Waals surface area contributed by atoms with Crippen molar-refractivity contribution in [3.63, 3.8) is 0 Å². The molecule has 3 N–H and O–H groups in total. The van der Waals surface area contributed by atoms with E-state index in [1.54, 1.807) is 4.90 Å². The summed E-state index contributed by atoms with van der Waals surface area (Å²) in [6, 6.07) is 0. The molecule has 1 saturated carbocycles. The number of carbonyl (C=O) groups excluding carboxylic acids is 1. The Hall–Kier alpha value is -0.610. The molecule has 1 rings (SSSR count). The second-order valence-electron chi connectivity index (χ2n) is 4.85. The van der Waals surface area contributed by atoms with Crippen molar-refractivity contribution < 1.29 is 9.90 Å². The van der Waals surface area contributed by atoms with Crippen LogP contribution >= 0.6 is 0 Å². The SMILES string of the molecule is CCCCN(CCO)C(=O)CC1(N)CCC1. The van der Waals surface area contributed by atoms with Gasteiger partial charge in [0.05, 0.1) is 6.61 Å². The van der Waals surface area contributed by atoms with Gasteiger partial charge in [-0.05, 0) is 25.7 Å². The van der Waals surface area contributed by atoms with Crippen LogP contribution in [0.25, 0.3) is 0 Å². The molecule has 0 saturated heterocycles. The number of aliphatic hydroxyl groups is 1. The lowest BCUT2D eigenvalue weighted by Gasteiger charge is -2.39. The molecule has 4 nitrogen and oxygen atoms in total. The zero-order valence-corrected chi connectivity index (χ0v) is 10.2. The molecule has 0 radical (unpaired) electrons. The number of unbranched alkanes of at least 4 members (excludes halogenated alkanes) is 1. The minimum atomic E-state index is -0.253. The van der Waals surface area contributed by atoms with E-state index in [1.165, 1.54) is 0 Å². The summed E-state index contributed by atoms with van der Waals surface area (Å²) in [5.74, 6) is 0.102.